The Kier molecular flexibility index (Phi) is 3.39. The molecule has 4 N–H and O–H groups in total. The second-order valence-corrected chi connectivity index (χ2v) is 6.31. The van der Waals surface area contributed by atoms with Crippen molar-refractivity contribution in [2.75, 3.05) is 11.1 Å². The van der Waals surface area contributed by atoms with E-state index in [2.05, 4.69) is 29.4 Å². The smallest absolute Gasteiger partial charge is 0.266 e. The molecule has 2 aromatic heterocycles. The van der Waals surface area contributed by atoms with Gasteiger partial charge in [0.1, 0.15) is 0 Å². The van der Waals surface area contributed by atoms with Gasteiger partial charge in [-0.15, -0.1) is 11.3 Å². The van der Waals surface area contributed by atoms with Crippen molar-refractivity contribution in [1.82, 2.24) is 10.2 Å². The van der Waals surface area contributed by atoms with Gasteiger partial charge in [-0.3, -0.25) is 9.89 Å². The highest BCUT2D eigenvalue weighted by Gasteiger charge is 2.13. The van der Waals surface area contributed by atoms with Gasteiger partial charge in [-0.25, -0.2) is 0 Å². The van der Waals surface area contributed by atoms with Gasteiger partial charge < -0.3 is 11.1 Å². The van der Waals surface area contributed by atoms with Crippen molar-refractivity contribution >= 4 is 38.8 Å². The molecule has 0 saturated carbocycles. The van der Waals surface area contributed by atoms with Crippen molar-refractivity contribution in [2.24, 2.45) is 0 Å². The molecule has 3 rings (SSSR count). The van der Waals surface area contributed by atoms with Gasteiger partial charge >= 0.3 is 0 Å². The SMILES string of the molecule is CC(C)c1cc(NC(=O)c2cc3cc(N)ccc3s2)n[nH]1. The van der Waals surface area contributed by atoms with Crippen LogP contribution in [-0.4, -0.2) is 16.1 Å². The van der Waals surface area contributed by atoms with E-state index in [1.165, 1.54) is 11.3 Å². The number of thiophene rings is 1. The first-order valence-corrected chi connectivity index (χ1v) is 7.50. The number of benzene rings is 1. The molecule has 1 amide bonds. The fraction of sp³-hybridized carbons (Fsp3) is 0.200. The number of hydrogen-bond donors (Lipinski definition) is 3. The molecule has 2 heterocycles. The molecule has 1 aromatic carbocycles. The van der Waals surface area contributed by atoms with E-state index >= 15 is 0 Å². The van der Waals surface area contributed by atoms with Crippen LogP contribution in [0.1, 0.15) is 35.1 Å². The first-order valence-electron chi connectivity index (χ1n) is 6.68. The van der Waals surface area contributed by atoms with Crippen LogP contribution >= 0.6 is 11.3 Å². The van der Waals surface area contributed by atoms with E-state index in [0.717, 1.165) is 15.8 Å². The normalized spacial score (nSPS) is 11.2. The maximum atomic E-state index is 12.3. The number of amides is 1. The zero-order valence-corrected chi connectivity index (χ0v) is 12.6. The summed E-state index contributed by atoms with van der Waals surface area (Å²) < 4.78 is 1.04. The number of nitrogens with one attached hydrogen (secondary N) is 2. The molecule has 21 heavy (non-hydrogen) atoms. The number of carbonyl (C=O) groups excluding carboxylic acids is 1. The Morgan fingerprint density at radius 3 is 2.86 bits per heavy atom. The summed E-state index contributed by atoms with van der Waals surface area (Å²) in [6, 6.07) is 9.34. The van der Waals surface area contributed by atoms with E-state index in [1.807, 2.05) is 30.3 Å². The van der Waals surface area contributed by atoms with Crippen molar-refractivity contribution in [2.45, 2.75) is 19.8 Å². The third-order valence-corrected chi connectivity index (χ3v) is 4.34. The number of aromatic amines is 1. The van der Waals surface area contributed by atoms with E-state index in [1.54, 1.807) is 0 Å². The largest absolute Gasteiger partial charge is 0.399 e. The van der Waals surface area contributed by atoms with Gasteiger partial charge in [-0.2, -0.15) is 5.10 Å². The van der Waals surface area contributed by atoms with E-state index in [-0.39, 0.29) is 5.91 Å². The lowest BCUT2D eigenvalue weighted by Gasteiger charge is -1.98. The summed E-state index contributed by atoms with van der Waals surface area (Å²) in [6.45, 7) is 4.13. The van der Waals surface area contributed by atoms with Crippen LogP contribution in [0.25, 0.3) is 10.1 Å². The quantitative estimate of drug-likeness (QED) is 0.646. The van der Waals surface area contributed by atoms with Crippen LogP contribution in [0.4, 0.5) is 11.5 Å². The Morgan fingerprint density at radius 1 is 1.33 bits per heavy atom. The topological polar surface area (TPSA) is 83.8 Å². The molecule has 0 aliphatic carbocycles. The number of fused-ring (bicyclic) bond motifs is 1. The fourth-order valence-electron chi connectivity index (χ4n) is 2.05. The van der Waals surface area contributed by atoms with Crippen LogP contribution in [0, 0.1) is 0 Å². The number of nitrogens with zero attached hydrogens (tertiary/aromatic N) is 1. The number of aromatic nitrogens is 2. The number of H-pyrrole nitrogens is 1. The molecule has 0 aliphatic rings. The third kappa shape index (κ3) is 2.75. The molecule has 0 saturated heterocycles. The number of hydrogen-bond acceptors (Lipinski definition) is 4. The second-order valence-electron chi connectivity index (χ2n) is 5.23. The minimum atomic E-state index is -0.156. The third-order valence-electron chi connectivity index (χ3n) is 3.23. The lowest BCUT2D eigenvalue weighted by Crippen LogP contribution is -2.10. The summed E-state index contributed by atoms with van der Waals surface area (Å²) in [5.74, 6) is 0.729. The van der Waals surface area contributed by atoms with Crippen molar-refractivity contribution in [3.63, 3.8) is 0 Å². The van der Waals surface area contributed by atoms with Crippen molar-refractivity contribution in [1.29, 1.82) is 0 Å². The second kappa shape index (κ2) is 5.21. The van der Waals surface area contributed by atoms with Gasteiger partial charge in [0.25, 0.3) is 5.91 Å². The molecule has 6 heteroatoms. The Hall–Kier alpha value is -2.34. The molecule has 0 radical (unpaired) electrons. The van der Waals surface area contributed by atoms with Crippen LogP contribution in [0.3, 0.4) is 0 Å². The summed E-state index contributed by atoms with van der Waals surface area (Å²) in [7, 11) is 0. The monoisotopic (exact) mass is 300 g/mol. The number of carbonyl (C=O) groups is 1. The molecule has 0 spiro atoms. The minimum Gasteiger partial charge on any atom is -0.399 e. The Morgan fingerprint density at radius 2 is 2.14 bits per heavy atom. The maximum Gasteiger partial charge on any atom is 0.266 e. The summed E-state index contributed by atoms with van der Waals surface area (Å²) in [6.07, 6.45) is 0. The van der Waals surface area contributed by atoms with E-state index < -0.39 is 0 Å². The van der Waals surface area contributed by atoms with Crippen LogP contribution in [0.5, 0.6) is 0 Å². The van der Waals surface area contributed by atoms with Gasteiger partial charge in [-0.1, -0.05) is 13.8 Å². The van der Waals surface area contributed by atoms with Crippen LogP contribution in [0.2, 0.25) is 0 Å². The van der Waals surface area contributed by atoms with Gasteiger partial charge in [0.05, 0.1) is 4.88 Å². The predicted molar refractivity (Wildman–Crippen MR) is 86.9 cm³/mol. The average Bonchev–Trinajstić information content (AvgIpc) is 3.04. The number of nitrogens with two attached hydrogens (primary N) is 1. The molecular formula is C15H16N4OS. The lowest BCUT2D eigenvalue weighted by molar-refractivity contribution is 0.103. The standard InChI is InChI=1S/C15H16N4OS/c1-8(2)11-7-14(19-18-11)17-15(20)13-6-9-5-10(16)3-4-12(9)21-13/h3-8H,16H2,1-2H3,(H2,17,18,19,20). The molecule has 0 atom stereocenters. The minimum absolute atomic E-state index is 0.156. The highest BCUT2D eigenvalue weighted by molar-refractivity contribution is 7.20. The first kappa shape index (κ1) is 13.6. The molecule has 0 bridgehead atoms. The maximum absolute atomic E-state index is 12.3. The molecule has 0 aliphatic heterocycles. The first-order chi connectivity index (χ1) is 10.0. The highest BCUT2D eigenvalue weighted by atomic mass is 32.1. The Labute approximate surface area is 126 Å². The Bertz CT molecular complexity index is 803. The number of anilines is 2. The summed E-state index contributed by atoms with van der Waals surface area (Å²) in [4.78, 5) is 12.9. The molecular weight excluding hydrogens is 284 g/mol. The average molecular weight is 300 g/mol. The number of rotatable bonds is 3. The van der Waals surface area contributed by atoms with Gasteiger partial charge in [-0.05, 0) is 35.6 Å². The van der Waals surface area contributed by atoms with Gasteiger partial charge in [0.15, 0.2) is 5.82 Å². The zero-order valence-electron chi connectivity index (χ0n) is 11.8. The summed E-state index contributed by atoms with van der Waals surface area (Å²) in [5, 5.41) is 10.8. The number of nitrogen functional groups attached to an aromatic ring is 1. The van der Waals surface area contributed by atoms with Gasteiger partial charge in [0.2, 0.25) is 0 Å². The summed E-state index contributed by atoms with van der Waals surface area (Å²) in [5.41, 5.74) is 7.44. The van der Waals surface area contributed by atoms with Crippen LogP contribution in [-0.2, 0) is 0 Å². The molecule has 5 nitrogen and oxygen atoms in total. The van der Waals surface area contributed by atoms with Crippen LogP contribution < -0.4 is 11.1 Å². The zero-order chi connectivity index (χ0) is 15.0. The molecule has 108 valence electrons. The van der Waals surface area contributed by atoms with Gasteiger partial charge in [0, 0.05) is 22.1 Å². The molecule has 0 unspecified atom stereocenters. The highest BCUT2D eigenvalue weighted by Crippen LogP contribution is 2.28. The molecule has 0 fully saturated rings. The lowest BCUT2D eigenvalue weighted by atomic mass is 10.1. The van der Waals surface area contributed by atoms with Crippen molar-refractivity contribution in [3.05, 3.63) is 40.9 Å². The van der Waals surface area contributed by atoms with E-state index in [4.69, 9.17) is 5.73 Å². The predicted octanol–water partition coefficient (Wildman–Crippen LogP) is 3.58. The van der Waals surface area contributed by atoms with Crippen molar-refractivity contribution < 1.29 is 4.79 Å². The molecule has 3 aromatic rings. The summed E-state index contributed by atoms with van der Waals surface area (Å²) >= 11 is 1.44. The van der Waals surface area contributed by atoms with Crippen LogP contribution in [0.15, 0.2) is 30.3 Å². The fourth-order valence-corrected chi connectivity index (χ4v) is 2.99. The van der Waals surface area contributed by atoms with E-state index in [0.29, 0.717) is 22.3 Å². The van der Waals surface area contributed by atoms with E-state index in [9.17, 15) is 4.79 Å². The van der Waals surface area contributed by atoms with Crippen molar-refractivity contribution in [3.8, 4) is 0 Å². The Balaban J connectivity index is 1.82.